The molecule has 4 aromatic carbocycles. The molecule has 0 aliphatic heterocycles. The highest BCUT2D eigenvalue weighted by molar-refractivity contribution is 9.10. The number of methoxy groups -OCH3 is 3. The third-order valence-corrected chi connectivity index (χ3v) is 9.13. The molecule has 0 heterocycles. The molecule has 0 saturated heterocycles. The van der Waals surface area contributed by atoms with Crippen molar-refractivity contribution in [2.75, 3.05) is 32.2 Å². The molecule has 0 aromatic heterocycles. The van der Waals surface area contributed by atoms with E-state index in [1.165, 1.54) is 51.8 Å². The molecule has 0 atom stereocenters. The topological polar surface area (TPSA) is 116 Å². The van der Waals surface area contributed by atoms with Crippen LogP contribution in [-0.2, 0) is 21.4 Å². The molecule has 0 aliphatic carbocycles. The highest BCUT2D eigenvalue weighted by atomic mass is 79.9. The van der Waals surface area contributed by atoms with Crippen molar-refractivity contribution < 1.29 is 32.2 Å². The number of hydrogen-bond acceptors (Lipinski definition) is 8. The molecule has 0 aliphatic rings. The van der Waals surface area contributed by atoms with E-state index < -0.39 is 22.5 Å². The number of nitrogens with zero attached hydrogens (tertiary/aromatic N) is 2. The summed E-state index contributed by atoms with van der Waals surface area (Å²) in [6.07, 6.45) is 1.41. The second kappa shape index (κ2) is 15.2. The van der Waals surface area contributed by atoms with Crippen molar-refractivity contribution in [1.29, 1.82) is 0 Å². The van der Waals surface area contributed by atoms with Crippen LogP contribution in [0.25, 0.3) is 0 Å². The molecule has 0 bridgehead atoms. The van der Waals surface area contributed by atoms with Gasteiger partial charge in [0.25, 0.3) is 15.9 Å². The molecule has 1 N–H and O–H groups in total. The van der Waals surface area contributed by atoms with Gasteiger partial charge in [-0.1, -0.05) is 41.4 Å². The fourth-order valence-electron chi connectivity index (χ4n) is 4.17. The van der Waals surface area contributed by atoms with Gasteiger partial charge in [-0.3, -0.25) is 9.10 Å². The van der Waals surface area contributed by atoms with Crippen molar-refractivity contribution in [3.8, 4) is 23.0 Å². The van der Waals surface area contributed by atoms with Gasteiger partial charge < -0.3 is 18.9 Å². The Hall–Kier alpha value is -4.26. The Labute approximate surface area is 275 Å². The second-order valence-corrected chi connectivity index (χ2v) is 12.8. The highest BCUT2D eigenvalue weighted by Gasteiger charge is 2.28. The molecule has 13 heteroatoms. The van der Waals surface area contributed by atoms with Gasteiger partial charge in [-0.05, 0) is 82.5 Å². The van der Waals surface area contributed by atoms with Crippen LogP contribution in [-0.4, -0.2) is 48.4 Å². The molecule has 4 aromatic rings. The number of aryl methyl sites for hydroxylation is 1. The summed E-state index contributed by atoms with van der Waals surface area (Å²) in [6.45, 7) is 1.58. The summed E-state index contributed by atoms with van der Waals surface area (Å²) >= 11 is 9.47. The molecular formula is C32H31BrClN3O7S. The number of sulfonamides is 1. The number of halogens is 2. The van der Waals surface area contributed by atoms with Gasteiger partial charge in [-0.25, -0.2) is 13.8 Å². The third kappa shape index (κ3) is 8.47. The van der Waals surface area contributed by atoms with Gasteiger partial charge in [0, 0.05) is 11.1 Å². The number of rotatable bonds is 13. The van der Waals surface area contributed by atoms with Gasteiger partial charge in [0.1, 0.15) is 13.2 Å². The molecular weight excluding hydrogens is 686 g/mol. The molecule has 45 heavy (non-hydrogen) atoms. The van der Waals surface area contributed by atoms with Gasteiger partial charge in [0.2, 0.25) is 0 Å². The summed E-state index contributed by atoms with van der Waals surface area (Å²) in [5.41, 5.74) is 5.01. The second-order valence-electron chi connectivity index (χ2n) is 9.61. The zero-order chi connectivity index (χ0) is 32.6. The van der Waals surface area contributed by atoms with Crippen LogP contribution in [0, 0.1) is 6.92 Å². The molecule has 0 spiro atoms. The monoisotopic (exact) mass is 715 g/mol. The van der Waals surface area contributed by atoms with E-state index in [1.54, 1.807) is 42.5 Å². The summed E-state index contributed by atoms with van der Waals surface area (Å²) in [7, 11) is 0.267. The maximum atomic E-state index is 13.7. The first-order chi connectivity index (χ1) is 21.5. The number of hydrazone groups is 1. The molecule has 1 amide bonds. The van der Waals surface area contributed by atoms with Gasteiger partial charge in [0.15, 0.2) is 23.0 Å². The Balaban J connectivity index is 1.52. The van der Waals surface area contributed by atoms with Gasteiger partial charge in [-0.15, -0.1) is 0 Å². The highest BCUT2D eigenvalue weighted by Crippen LogP contribution is 2.37. The van der Waals surface area contributed by atoms with Crippen LogP contribution in [0.3, 0.4) is 0 Å². The average Bonchev–Trinajstić information content (AvgIpc) is 3.03. The van der Waals surface area contributed by atoms with Gasteiger partial charge >= 0.3 is 0 Å². The predicted octanol–water partition coefficient (Wildman–Crippen LogP) is 6.36. The first-order valence-corrected chi connectivity index (χ1v) is 16.0. The van der Waals surface area contributed by atoms with Crippen LogP contribution in [0.5, 0.6) is 23.0 Å². The summed E-state index contributed by atoms with van der Waals surface area (Å²) in [4.78, 5) is 13.1. The van der Waals surface area contributed by atoms with E-state index in [0.717, 1.165) is 15.4 Å². The predicted molar refractivity (Wildman–Crippen MR) is 177 cm³/mol. The SMILES string of the molecule is COc1ccc(N(CC(=O)N/N=C\c2cc(Br)c(OCc3ccc(Cl)cc3)c(OC)c2)S(=O)(=O)c2ccc(C)cc2)cc1OC. The minimum atomic E-state index is -4.15. The van der Waals surface area contributed by atoms with Crippen LogP contribution in [0.15, 0.2) is 93.3 Å². The first kappa shape index (κ1) is 33.6. The van der Waals surface area contributed by atoms with Crippen molar-refractivity contribution in [2.45, 2.75) is 18.4 Å². The molecule has 4 rings (SSSR count). The Morgan fingerprint density at radius 2 is 1.58 bits per heavy atom. The number of amides is 1. The van der Waals surface area contributed by atoms with Gasteiger partial charge in [0.05, 0.1) is 42.6 Å². The van der Waals surface area contributed by atoms with E-state index in [9.17, 15) is 13.2 Å². The molecule has 0 unspecified atom stereocenters. The largest absolute Gasteiger partial charge is 0.493 e. The first-order valence-electron chi connectivity index (χ1n) is 13.4. The number of carbonyl (C=O) groups is 1. The fourth-order valence-corrected chi connectivity index (χ4v) is 6.28. The summed E-state index contributed by atoms with van der Waals surface area (Å²) < 4.78 is 51.2. The number of ether oxygens (including phenoxy) is 4. The molecule has 236 valence electrons. The van der Waals surface area contributed by atoms with E-state index in [0.29, 0.717) is 38.1 Å². The van der Waals surface area contributed by atoms with Crippen LogP contribution >= 0.6 is 27.5 Å². The fraction of sp³-hybridized carbons (Fsp3) is 0.188. The maximum absolute atomic E-state index is 13.7. The van der Waals surface area contributed by atoms with Crippen LogP contribution in [0.1, 0.15) is 16.7 Å². The number of nitrogens with one attached hydrogen (secondary N) is 1. The smallest absolute Gasteiger partial charge is 0.264 e. The number of hydrogen-bond donors (Lipinski definition) is 1. The molecule has 0 fully saturated rings. The van der Waals surface area contributed by atoms with Crippen LogP contribution in [0.2, 0.25) is 5.02 Å². The minimum Gasteiger partial charge on any atom is -0.493 e. The standard InChI is InChI=1S/C32H31BrClN3O7S/c1-21-5-12-26(13-6-21)45(39,40)37(25-11-14-28(41-2)29(17-25)42-3)19-31(38)36-35-18-23-15-27(33)32(30(16-23)43-4)44-20-22-7-9-24(34)10-8-22/h5-18H,19-20H2,1-4H3,(H,36,38)/b35-18-. The summed E-state index contributed by atoms with van der Waals surface area (Å²) in [5, 5.41) is 4.68. The van der Waals surface area contributed by atoms with Crippen molar-refractivity contribution >= 4 is 55.4 Å². The number of anilines is 1. The van der Waals surface area contributed by atoms with E-state index in [-0.39, 0.29) is 17.2 Å². The summed E-state index contributed by atoms with van der Waals surface area (Å²) in [6, 6.07) is 21.7. The van der Waals surface area contributed by atoms with Crippen molar-refractivity contribution in [3.63, 3.8) is 0 Å². The molecule has 10 nitrogen and oxygen atoms in total. The quantitative estimate of drug-likeness (QED) is 0.127. The van der Waals surface area contributed by atoms with Crippen LogP contribution in [0.4, 0.5) is 5.69 Å². The van der Waals surface area contributed by atoms with Crippen molar-refractivity contribution in [3.05, 3.63) is 105 Å². The maximum Gasteiger partial charge on any atom is 0.264 e. The Morgan fingerprint density at radius 3 is 2.22 bits per heavy atom. The molecule has 0 radical (unpaired) electrons. The normalized spacial score (nSPS) is 11.2. The third-order valence-electron chi connectivity index (χ3n) is 6.50. The Bertz CT molecular complexity index is 1780. The average molecular weight is 717 g/mol. The van der Waals surface area contributed by atoms with Gasteiger partial charge in [-0.2, -0.15) is 5.10 Å². The Kier molecular flexibility index (Phi) is 11.3. The lowest BCUT2D eigenvalue weighted by molar-refractivity contribution is -0.119. The van der Waals surface area contributed by atoms with Crippen molar-refractivity contribution in [2.24, 2.45) is 5.10 Å². The number of benzene rings is 4. The lowest BCUT2D eigenvalue weighted by atomic mass is 10.2. The zero-order valence-electron chi connectivity index (χ0n) is 24.9. The molecule has 0 saturated carbocycles. The Morgan fingerprint density at radius 1 is 0.911 bits per heavy atom. The van der Waals surface area contributed by atoms with E-state index in [2.05, 4.69) is 26.5 Å². The lowest BCUT2D eigenvalue weighted by Crippen LogP contribution is -2.39. The van der Waals surface area contributed by atoms with E-state index in [4.69, 9.17) is 30.5 Å². The summed E-state index contributed by atoms with van der Waals surface area (Å²) in [5.74, 6) is 0.963. The number of carbonyl (C=O) groups excluding carboxylic acids is 1. The lowest BCUT2D eigenvalue weighted by Gasteiger charge is -2.24. The minimum absolute atomic E-state index is 0.0227. The van der Waals surface area contributed by atoms with Crippen molar-refractivity contribution in [1.82, 2.24) is 5.43 Å². The van der Waals surface area contributed by atoms with E-state index in [1.807, 2.05) is 19.1 Å². The van der Waals surface area contributed by atoms with Crippen LogP contribution < -0.4 is 28.7 Å². The van der Waals surface area contributed by atoms with E-state index >= 15 is 0 Å². The zero-order valence-corrected chi connectivity index (χ0v) is 28.1.